The largest absolute Gasteiger partial charge is 0.353 e. The number of rotatable bonds is 6. The summed E-state index contributed by atoms with van der Waals surface area (Å²) in [7, 11) is -3.44. The van der Waals surface area contributed by atoms with Crippen LogP contribution in [0.2, 0.25) is 0 Å². The van der Waals surface area contributed by atoms with E-state index in [9.17, 15) is 13.2 Å². The predicted octanol–water partition coefficient (Wildman–Crippen LogP) is 2.92. The molecule has 0 heterocycles. The summed E-state index contributed by atoms with van der Waals surface area (Å²) in [5, 5.41) is 0. The first-order chi connectivity index (χ1) is 13.1. The Morgan fingerprint density at radius 2 is 1.79 bits per heavy atom. The minimum atomic E-state index is -3.44. The van der Waals surface area contributed by atoms with Gasteiger partial charge in [0.25, 0.3) is 0 Å². The summed E-state index contributed by atoms with van der Waals surface area (Å²) in [6, 6.07) is 11.7. The molecular formula is C21H28N3O3S+. The molecule has 28 heavy (non-hydrogen) atoms. The van der Waals surface area contributed by atoms with Crippen LogP contribution in [-0.2, 0) is 16.3 Å². The molecule has 0 fully saturated rings. The lowest BCUT2D eigenvalue weighted by atomic mass is 9.94. The topological polar surface area (TPSA) is 106 Å². The number of hydrogen-bond donors (Lipinski definition) is 2. The summed E-state index contributed by atoms with van der Waals surface area (Å²) in [6.45, 7) is 6.22. The Bertz CT molecular complexity index is 1020. The molecule has 7 heteroatoms. The van der Waals surface area contributed by atoms with Crippen LogP contribution in [0.25, 0.3) is 0 Å². The predicted molar refractivity (Wildman–Crippen MR) is 112 cm³/mol. The Labute approximate surface area is 166 Å². The Balaban J connectivity index is 2.66. The third kappa shape index (κ3) is 4.59. The molecule has 0 aliphatic heterocycles. The number of amides is 1. The van der Waals surface area contributed by atoms with Gasteiger partial charge < -0.3 is 0 Å². The smallest absolute Gasteiger partial charge is 0.290 e. The first kappa shape index (κ1) is 21.6. The molecule has 0 bridgehead atoms. The quantitative estimate of drug-likeness (QED) is 0.439. The summed E-state index contributed by atoms with van der Waals surface area (Å²) < 4.78 is 25.0. The van der Waals surface area contributed by atoms with Gasteiger partial charge in [0, 0.05) is 6.26 Å². The maximum Gasteiger partial charge on any atom is 0.353 e. The molecule has 0 saturated heterocycles. The molecule has 0 aromatic heterocycles. The highest BCUT2D eigenvalue weighted by molar-refractivity contribution is 7.90. The second-order valence-electron chi connectivity index (χ2n) is 6.92. The molecule has 1 atom stereocenters. The summed E-state index contributed by atoms with van der Waals surface area (Å²) in [6.07, 6.45) is 2.86. The number of benzene rings is 2. The average molecular weight is 403 g/mol. The van der Waals surface area contributed by atoms with Gasteiger partial charge in [0.05, 0.1) is 10.5 Å². The Kier molecular flexibility index (Phi) is 6.61. The molecule has 1 unspecified atom stereocenters. The third-order valence-corrected chi connectivity index (χ3v) is 5.97. The minimum absolute atomic E-state index is 0.0670. The van der Waals surface area contributed by atoms with E-state index in [2.05, 4.69) is 26.8 Å². The van der Waals surface area contributed by atoms with Gasteiger partial charge in [0.1, 0.15) is 5.69 Å². The molecule has 0 radical (unpaired) electrons. The summed E-state index contributed by atoms with van der Waals surface area (Å²) >= 11 is 0. The zero-order valence-electron chi connectivity index (χ0n) is 16.8. The number of hydrogen-bond acceptors (Lipinski definition) is 3. The fourth-order valence-corrected chi connectivity index (χ4v) is 3.66. The first-order valence-electron chi connectivity index (χ1n) is 9.25. The summed E-state index contributed by atoms with van der Waals surface area (Å²) in [5.74, 6) is -0.443. The number of nitrogens with zero attached hydrogens (tertiary/aromatic N) is 1. The lowest BCUT2D eigenvalue weighted by Crippen LogP contribution is -2.37. The molecule has 2 rings (SSSR count). The minimum Gasteiger partial charge on any atom is -0.290 e. The van der Waals surface area contributed by atoms with Crippen molar-refractivity contribution in [2.45, 2.75) is 44.4 Å². The van der Waals surface area contributed by atoms with Crippen molar-refractivity contribution in [3.05, 3.63) is 59.2 Å². The van der Waals surface area contributed by atoms with Crippen LogP contribution in [-0.4, -0.2) is 31.1 Å². The second-order valence-corrected chi connectivity index (χ2v) is 8.94. The van der Waals surface area contributed by atoms with Crippen LogP contribution in [0.4, 0.5) is 5.69 Å². The van der Waals surface area contributed by atoms with Crippen molar-refractivity contribution in [1.82, 2.24) is 0 Å². The number of guanidine groups is 1. The van der Waals surface area contributed by atoms with Crippen molar-refractivity contribution < 1.29 is 17.8 Å². The van der Waals surface area contributed by atoms with Crippen molar-refractivity contribution in [2.24, 2.45) is 11.5 Å². The van der Waals surface area contributed by atoms with E-state index in [1.807, 2.05) is 12.1 Å². The van der Waals surface area contributed by atoms with Crippen LogP contribution in [0.15, 0.2) is 47.4 Å². The molecule has 0 saturated carbocycles. The van der Waals surface area contributed by atoms with Crippen LogP contribution < -0.4 is 11.5 Å². The summed E-state index contributed by atoms with van der Waals surface area (Å²) in [5.41, 5.74) is 14.7. The van der Waals surface area contributed by atoms with Gasteiger partial charge in [-0.2, -0.15) is 4.58 Å². The second kappa shape index (κ2) is 8.56. The number of aryl methyl sites for hydroxylation is 1. The maximum absolute atomic E-state index is 13.2. The fraction of sp³-hybridized carbons (Fsp3) is 0.333. The number of sulfone groups is 1. The first-order valence-corrected chi connectivity index (χ1v) is 11.1. The van der Waals surface area contributed by atoms with Crippen LogP contribution in [0, 0.1) is 0 Å². The number of nitrogens with two attached hydrogens (primary N) is 2. The van der Waals surface area contributed by atoms with Crippen molar-refractivity contribution in [1.29, 1.82) is 0 Å². The van der Waals surface area contributed by atoms with Gasteiger partial charge in [0.15, 0.2) is 9.84 Å². The highest BCUT2D eigenvalue weighted by Crippen LogP contribution is 2.31. The highest BCUT2D eigenvalue weighted by atomic mass is 32.2. The third-order valence-electron chi connectivity index (χ3n) is 4.85. The maximum atomic E-state index is 13.2. The van der Waals surface area contributed by atoms with Gasteiger partial charge in [-0.05, 0) is 54.2 Å². The molecule has 0 spiro atoms. The van der Waals surface area contributed by atoms with E-state index >= 15 is 0 Å². The van der Waals surface area contributed by atoms with E-state index in [-0.39, 0.29) is 22.3 Å². The molecule has 2 aromatic rings. The average Bonchev–Trinajstić information content (AvgIpc) is 2.66. The van der Waals surface area contributed by atoms with Gasteiger partial charge >= 0.3 is 11.9 Å². The SMILES string of the molecule is CCc1ccc([N+](C(=O)c2cccc(S(C)(=O)=O)c2)=C(N)N)c(C(C)CC)c1. The molecule has 4 N–H and O–H groups in total. The van der Waals surface area contributed by atoms with Gasteiger partial charge in [0.2, 0.25) is 0 Å². The van der Waals surface area contributed by atoms with Gasteiger partial charge in [-0.3, -0.25) is 11.5 Å². The van der Waals surface area contributed by atoms with Crippen LogP contribution in [0.3, 0.4) is 0 Å². The van der Waals surface area contributed by atoms with E-state index in [0.717, 1.165) is 30.2 Å². The fourth-order valence-electron chi connectivity index (χ4n) is 3.00. The lowest BCUT2D eigenvalue weighted by Gasteiger charge is -2.18. The number of carbonyl (C=O) groups is 1. The zero-order chi connectivity index (χ0) is 21.1. The molecule has 0 aliphatic rings. The van der Waals surface area contributed by atoms with Crippen molar-refractivity contribution in [2.75, 3.05) is 6.26 Å². The normalized spacial score (nSPS) is 12.4. The van der Waals surface area contributed by atoms with E-state index in [4.69, 9.17) is 11.5 Å². The standard InChI is InChI=1S/C21H27N3O3S/c1-5-14(3)18-12-15(6-2)10-11-19(18)24(21(22)23)20(25)16-8-7-9-17(13-16)28(4,26)27/h7-14H,5-6H2,1-4H3,(H3,22,23)/p+1. The van der Waals surface area contributed by atoms with E-state index in [1.165, 1.54) is 22.8 Å². The van der Waals surface area contributed by atoms with Crippen molar-refractivity contribution in [3.8, 4) is 0 Å². The zero-order valence-corrected chi connectivity index (χ0v) is 17.6. The van der Waals surface area contributed by atoms with Gasteiger partial charge in [-0.15, -0.1) is 0 Å². The van der Waals surface area contributed by atoms with Crippen LogP contribution >= 0.6 is 0 Å². The summed E-state index contributed by atoms with van der Waals surface area (Å²) in [4.78, 5) is 13.3. The lowest BCUT2D eigenvalue weighted by molar-refractivity contribution is -0.338. The Morgan fingerprint density at radius 3 is 2.32 bits per heavy atom. The molecular weight excluding hydrogens is 374 g/mol. The molecule has 0 aliphatic carbocycles. The van der Waals surface area contributed by atoms with Crippen molar-refractivity contribution in [3.63, 3.8) is 0 Å². The van der Waals surface area contributed by atoms with Gasteiger partial charge in [-0.25, -0.2) is 13.2 Å². The van der Waals surface area contributed by atoms with E-state index in [1.54, 1.807) is 6.07 Å². The molecule has 150 valence electrons. The molecule has 6 nitrogen and oxygen atoms in total. The monoisotopic (exact) mass is 402 g/mol. The van der Waals surface area contributed by atoms with E-state index < -0.39 is 15.7 Å². The number of carbonyl (C=O) groups excluding carboxylic acids is 1. The Hall–Kier alpha value is -2.67. The van der Waals surface area contributed by atoms with Crippen LogP contribution in [0.5, 0.6) is 0 Å². The van der Waals surface area contributed by atoms with Crippen molar-refractivity contribution >= 4 is 27.4 Å². The molecule has 2 aromatic carbocycles. The highest BCUT2D eigenvalue weighted by Gasteiger charge is 2.25. The van der Waals surface area contributed by atoms with E-state index in [0.29, 0.717) is 5.69 Å². The van der Waals surface area contributed by atoms with Gasteiger partial charge in [-0.1, -0.05) is 39.0 Å². The van der Waals surface area contributed by atoms with Crippen LogP contribution in [0.1, 0.15) is 54.6 Å². The Morgan fingerprint density at radius 1 is 1.11 bits per heavy atom. The molecule has 1 amide bonds.